The van der Waals surface area contributed by atoms with Crippen molar-refractivity contribution in [2.24, 2.45) is 10.7 Å². The zero-order chi connectivity index (χ0) is 21.1. The van der Waals surface area contributed by atoms with Gasteiger partial charge in [0.2, 0.25) is 5.91 Å². The Bertz CT molecular complexity index is 1040. The maximum absolute atomic E-state index is 14.4. The Hall–Kier alpha value is -2.35. The van der Waals surface area contributed by atoms with Crippen molar-refractivity contribution in [1.82, 2.24) is 0 Å². The van der Waals surface area contributed by atoms with E-state index in [4.69, 9.17) is 28.9 Å². The van der Waals surface area contributed by atoms with Crippen LogP contribution in [0, 0.1) is 5.82 Å². The molecule has 2 amide bonds. The highest BCUT2D eigenvalue weighted by Crippen LogP contribution is 2.33. The van der Waals surface area contributed by atoms with Crippen molar-refractivity contribution in [3.63, 3.8) is 0 Å². The van der Waals surface area contributed by atoms with E-state index in [9.17, 15) is 14.0 Å². The molecule has 0 aliphatic carbocycles. The van der Waals surface area contributed by atoms with Gasteiger partial charge >= 0.3 is 0 Å². The van der Waals surface area contributed by atoms with Crippen LogP contribution in [0.2, 0.25) is 10.0 Å². The van der Waals surface area contributed by atoms with Crippen LogP contribution in [0.15, 0.2) is 53.2 Å². The molecule has 5 nitrogen and oxygen atoms in total. The largest absolute Gasteiger partial charge is 0.369 e. The summed E-state index contributed by atoms with van der Waals surface area (Å²) in [6.45, 7) is 1.79. The number of aliphatic imine (C=N–C) groups is 1. The van der Waals surface area contributed by atoms with Crippen LogP contribution in [0.5, 0.6) is 0 Å². The molecule has 1 atom stereocenters. The third-order valence-corrected chi connectivity index (χ3v) is 6.18. The van der Waals surface area contributed by atoms with Crippen LogP contribution in [0.4, 0.5) is 10.1 Å². The second-order valence-corrected chi connectivity index (χ2v) is 8.09. The molecule has 1 aliphatic heterocycles. The lowest BCUT2D eigenvalue weighted by Gasteiger charge is -2.20. The fourth-order valence-electron chi connectivity index (χ4n) is 2.65. The lowest BCUT2D eigenvalue weighted by atomic mass is 10.2. The fourth-order valence-corrected chi connectivity index (χ4v) is 3.93. The van der Waals surface area contributed by atoms with Crippen LogP contribution >= 0.6 is 35.0 Å². The molecule has 2 aromatic rings. The van der Waals surface area contributed by atoms with Gasteiger partial charge in [-0.25, -0.2) is 9.38 Å². The zero-order valence-corrected chi connectivity index (χ0v) is 17.6. The smallest absolute Gasteiger partial charge is 0.283 e. The molecule has 1 heterocycles. The molecule has 2 N–H and O–H groups in total. The molecule has 0 saturated carbocycles. The predicted octanol–water partition coefficient (Wildman–Crippen LogP) is 4.87. The minimum absolute atomic E-state index is 0.0422. The Morgan fingerprint density at radius 3 is 2.62 bits per heavy atom. The summed E-state index contributed by atoms with van der Waals surface area (Å²) in [5.41, 5.74) is 6.15. The molecule has 0 aromatic heterocycles. The third-order valence-electron chi connectivity index (χ3n) is 4.11. The van der Waals surface area contributed by atoms with E-state index in [1.54, 1.807) is 31.2 Å². The number of primary amides is 1. The highest BCUT2D eigenvalue weighted by molar-refractivity contribution is 8.15. The summed E-state index contributed by atoms with van der Waals surface area (Å²) >= 11 is 13.0. The topological polar surface area (TPSA) is 75.8 Å². The number of hydrogen-bond donors (Lipinski definition) is 1. The summed E-state index contributed by atoms with van der Waals surface area (Å²) in [5, 5.41) is 0.277. The van der Waals surface area contributed by atoms with E-state index < -0.39 is 22.9 Å². The average molecular weight is 452 g/mol. The Morgan fingerprint density at radius 1 is 1.28 bits per heavy atom. The second-order valence-electron chi connectivity index (χ2n) is 6.11. The maximum atomic E-state index is 14.4. The van der Waals surface area contributed by atoms with Gasteiger partial charge in [-0.15, -0.1) is 0 Å². The monoisotopic (exact) mass is 451 g/mol. The number of benzene rings is 2. The van der Waals surface area contributed by atoms with Crippen molar-refractivity contribution in [2.75, 3.05) is 4.90 Å². The summed E-state index contributed by atoms with van der Waals surface area (Å²) < 4.78 is 14.4. The van der Waals surface area contributed by atoms with Crippen LogP contribution in [0.3, 0.4) is 0 Å². The highest BCUT2D eigenvalue weighted by atomic mass is 35.5. The van der Waals surface area contributed by atoms with Crippen molar-refractivity contribution in [2.45, 2.75) is 18.6 Å². The van der Waals surface area contributed by atoms with Crippen molar-refractivity contribution >= 4 is 63.7 Å². The van der Waals surface area contributed by atoms with Crippen LogP contribution in [0.1, 0.15) is 18.9 Å². The molecule has 0 spiro atoms. The number of hydrogen-bond acceptors (Lipinski definition) is 4. The molecule has 150 valence electrons. The minimum Gasteiger partial charge on any atom is -0.369 e. The van der Waals surface area contributed by atoms with E-state index >= 15 is 0 Å². The summed E-state index contributed by atoms with van der Waals surface area (Å²) in [6.07, 6.45) is 1.96. The standard InChI is InChI=1S/C20H16Cl2FN3O2S/c1-2-17(18(24)27)29-20-25-15(10-11-7-8-12(21)13(22)9-11)19(28)26(20)16-6-4-3-5-14(16)23/h3-10,17H,2H2,1H3,(H2,24,27). The van der Waals surface area contributed by atoms with Gasteiger partial charge in [0.05, 0.1) is 21.0 Å². The van der Waals surface area contributed by atoms with Crippen LogP contribution < -0.4 is 10.6 Å². The molecule has 0 saturated heterocycles. The first-order valence-corrected chi connectivity index (χ1v) is 10.3. The first-order valence-electron chi connectivity index (χ1n) is 8.62. The molecule has 0 fully saturated rings. The number of nitrogens with zero attached hydrogens (tertiary/aromatic N) is 2. The highest BCUT2D eigenvalue weighted by Gasteiger charge is 2.35. The van der Waals surface area contributed by atoms with E-state index in [-0.39, 0.29) is 16.6 Å². The number of amidine groups is 1. The Labute approximate surface area is 181 Å². The second kappa shape index (κ2) is 8.98. The number of para-hydroxylation sites is 1. The quantitative estimate of drug-likeness (QED) is 0.658. The van der Waals surface area contributed by atoms with E-state index in [0.29, 0.717) is 22.0 Å². The Kier molecular flexibility index (Phi) is 6.62. The number of rotatable bonds is 5. The number of nitrogens with two attached hydrogens (primary N) is 1. The minimum atomic E-state index is -0.611. The first-order chi connectivity index (χ1) is 13.8. The van der Waals surface area contributed by atoms with E-state index in [1.807, 2.05) is 0 Å². The molecule has 9 heteroatoms. The number of anilines is 1. The van der Waals surface area contributed by atoms with Gasteiger partial charge in [-0.05, 0) is 42.3 Å². The molecule has 1 aliphatic rings. The van der Waals surface area contributed by atoms with Gasteiger partial charge < -0.3 is 5.73 Å². The van der Waals surface area contributed by atoms with Crippen molar-refractivity contribution < 1.29 is 14.0 Å². The van der Waals surface area contributed by atoms with Gasteiger partial charge in [-0.1, -0.05) is 60.1 Å². The van der Waals surface area contributed by atoms with Crippen LogP contribution in [0.25, 0.3) is 6.08 Å². The molecular weight excluding hydrogens is 436 g/mol. The van der Waals surface area contributed by atoms with E-state index in [0.717, 1.165) is 16.7 Å². The summed E-state index contributed by atoms with van der Waals surface area (Å²) in [4.78, 5) is 30.2. The van der Waals surface area contributed by atoms with Crippen molar-refractivity contribution in [3.8, 4) is 0 Å². The van der Waals surface area contributed by atoms with Gasteiger partial charge in [-0.3, -0.25) is 14.5 Å². The molecule has 0 bridgehead atoms. The van der Waals surface area contributed by atoms with Gasteiger partial charge in [0, 0.05) is 0 Å². The Balaban J connectivity index is 2.05. The summed E-state index contributed by atoms with van der Waals surface area (Å²) in [5.74, 6) is -1.65. The Morgan fingerprint density at radius 2 is 2.00 bits per heavy atom. The number of carbonyl (C=O) groups excluding carboxylic acids is 2. The molecule has 3 rings (SSSR count). The molecule has 2 aromatic carbocycles. The van der Waals surface area contributed by atoms with Gasteiger partial charge in [0.25, 0.3) is 5.91 Å². The van der Waals surface area contributed by atoms with Gasteiger partial charge in [0.15, 0.2) is 5.17 Å². The van der Waals surface area contributed by atoms with Crippen molar-refractivity contribution in [1.29, 1.82) is 0 Å². The predicted molar refractivity (Wildman–Crippen MR) is 117 cm³/mol. The number of carbonyl (C=O) groups is 2. The lowest BCUT2D eigenvalue weighted by molar-refractivity contribution is -0.117. The van der Waals surface area contributed by atoms with Crippen LogP contribution in [-0.2, 0) is 9.59 Å². The van der Waals surface area contributed by atoms with Crippen LogP contribution in [-0.4, -0.2) is 22.2 Å². The third kappa shape index (κ3) is 4.63. The average Bonchev–Trinajstić information content (AvgIpc) is 2.98. The first kappa shape index (κ1) is 21.4. The van der Waals surface area contributed by atoms with Crippen molar-refractivity contribution in [3.05, 3.63) is 69.6 Å². The fraction of sp³-hybridized carbons (Fsp3) is 0.150. The zero-order valence-electron chi connectivity index (χ0n) is 15.2. The number of amides is 2. The van der Waals surface area contributed by atoms with Gasteiger partial charge in [0.1, 0.15) is 11.5 Å². The van der Waals surface area contributed by atoms with E-state index in [2.05, 4.69) is 4.99 Å². The maximum Gasteiger partial charge on any atom is 0.283 e. The van der Waals surface area contributed by atoms with E-state index in [1.165, 1.54) is 24.3 Å². The van der Waals surface area contributed by atoms with Gasteiger partial charge in [-0.2, -0.15) is 0 Å². The normalized spacial score (nSPS) is 16.3. The molecular formula is C20H16Cl2FN3O2S. The summed E-state index contributed by atoms with van der Waals surface area (Å²) in [7, 11) is 0. The number of halogens is 3. The molecule has 29 heavy (non-hydrogen) atoms. The summed E-state index contributed by atoms with van der Waals surface area (Å²) in [6, 6.07) is 10.7. The number of thioether (sulfide) groups is 1. The molecule has 1 unspecified atom stereocenters. The SMILES string of the molecule is CCC(SC1=NC(=Cc2ccc(Cl)c(Cl)c2)C(=O)N1c1ccccc1F)C(N)=O. The lowest BCUT2D eigenvalue weighted by Crippen LogP contribution is -2.34. The molecule has 0 radical (unpaired) electrons.